The van der Waals surface area contributed by atoms with E-state index in [1.807, 2.05) is 7.05 Å². The molecular formula is C13H22N2. The fourth-order valence-electron chi connectivity index (χ4n) is 2.45. The Bertz CT molecular complexity index is 335. The lowest BCUT2D eigenvalue weighted by molar-refractivity contribution is 0.686. The molecule has 0 aromatic carbocycles. The first-order valence-corrected chi connectivity index (χ1v) is 6.06. The molecule has 2 heteroatoms. The third-order valence-corrected chi connectivity index (χ3v) is 3.37. The Morgan fingerprint density at radius 3 is 2.73 bits per heavy atom. The largest absolute Gasteiger partial charge is 0.346 e. The zero-order chi connectivity index (χ0) is 10.8. The molecule has 15 heavy (non-hydrogen) atoms. The lowest BCUT2D eigenvalue weighted by atomic mass is 10.1. The average molecular weight is 206 g/mol. The van der Waals surface area contributed by atoms with Crippen LogP contribution in [0.5, 0.6) is 0 Å². The number of hydrogen-bond donors (Lipinski definition) is 1. The van der Waals surface area contributed by atoms with Gasteiger partial charge in [0, 0.05) is 17.4 Å². The molecule has 0 amide bonds. The summed E-state index contributed by atoms with van der Waals surface area (Å²) in [6.45, 7) is 5.64. The summed E-state index contributed by atoms with van der Waals surface area (Å²) in [5.41, 5.74) is 4.51. The zero-order valence-corrected chi connectivity index (χ0v) is 10.1. The summed E-state index contributed by atoms with van der Waals surface area (Å²) in [5.74, 6) is 0. The lowest BCUT2D eigenvalue weighted by Gasteiger charge is -2.07. The summed E-state index contributed by atoms with van der Waals surface area (Å²) in [5, 5.41) is 3.21. The van der Waals surface area contributed by atoms with Crippen LogP contribution < -0.4 is 5.32 Å². The van der Waals surface area contributed by atoms with Gasteiger partial charge >= 0.3 is 0 Å². The van der Waals surface area contributed by atoms with E-state index >= 15 is 0 Å². The first-order chi connectivity index (χ1) is 7.24. The van der Waals surface area contributed by atoms with Gasteiger partial charge in [-0.15, -0.1) is 0 Å². The van der Waals surface area contributed by atoms with Gasteiger partial charge in [-0.1, -0.05) is 0 Å². The molecule has 1 aromatic rings. The van der Waals surface area contributed by atoms with E-state index in [0.717, 1.165) is 12.6 Å². The third kappa shape index (κ3) is 2.25. The van der Waals surface area contributed by atoms with Crippen LogP contribution in [0.1, 0.15) is 42.3 Å². The van der Waals surface area contributed by atoms with Crippen LogP contribution >= 0.6 is 0 Å². The second-order valence-corrected chi connectivity index (χ2v) is 4.70. The molecule has 0 saturated heterocycles. The Morgan fingerprint density at radius 2 is 2.13 bits per heavy atom. The average Bonchev–Trinajstić information content (AvgIpc) is 2.97. The Balaban J connectivity index is 2.07. The maximum Gasteiger partial charge on any atom is 0.0337 e. The molecule has 1 saturated carbocycles. The summed E-state index contributed by atoms with van der Waals surface area (Å²) in [4.78, 5) is 0. The molecule has 84 valence electrons. The van der Waals surface area contributed by atoms with Crippen molar-refractivity contribution in [1.29, 1.82) is 0 Å². The fraction of sp³-hybridized carbons (Fsp3) is 0.692. The molecule has 0 bridgehead atoms. The first-order valence-electron chi connectivity index (χ1n) is 6.06. The maximum atomic E-state index is 3.21. The van der Waals surface area contributed by atoms with E-state index < -0.39 is 0 Å². The van der Waals surface area contributed by atoms with Crippen LogP contribution in [0.15, 0.2) is 6.07 Å². The molecule has 2 rings (SSSR count). The molecule has 1 N–H and O–H groups in total. The number of nitrogens with one attached hydrogen (secondary N) is 1. The van der Waals surface area contributed by atoms with Crippen molar-refractivity contribution in [2.45, 2.75) is 45.6 Å². The van der Waals surface area contributed by atoms with Gasteiger partial charge in [0.05, 0.1) is 0 Å². The predicted molar refractivity (Wildman–Crippen MR) is 64.4 cm³/mol. The summed E-state index contributed by atoms with van der Waals surface area (Å²) < 4.78 is 2.54. The van der Waals surface area contributed by atoms with Crippen LogP contribution in [0.3, 0.4) is 0 Å². The van der Waals surface area contributed by atoms with Crippen LogP contribution in [0.25, 0.3) is 0 Å². The van der Waals surface area contributed by atoms with E-state index in [4.69, 9.17) is 0 Å². The van der Waals surface area contributed by atoms with Gasteiger partial charge < -0.3 is 9.88 Å². The van der Waals surface area contributed by atoms with Gasteiger partial charge in [0.25, 0.3) is 0 Å². The highest BCUT2D eigenvalue weighted by atomic mass is 15.1. The number of aryl methyl sites for hydroxylation is 2. The van der Waals surface area contributed by atoms with Gasteiger partial charge in [-0.25, -0.2) is 0 Å². The van der Waals surface area contributed by atoms with E-state index in [1.165, 1.54) is 37.1 Å². The Labute approximate surface area is 92.7 Å². The van der Waals surface area contributed by atoms with Crippen LogP contribution in [-0.4, -0.2) is 18.2 Å². The molecule has 0 unspecified atom stereocenters. The summed E-state index contributed by atoms with van der Waals surface area (Å²) >= 11 is 0. The van der Waals surface area contributed by atoms with E-state index in [1.54, 1.807) is 5.56 Å². The Kier molecular flexibility index (Phi) is 3.15. The topological polar surface area (TPSA) is 17.0 Å². The van der Waals surface area contributed by atoms with Crippen LogP contribution in [-0.2, 0) is 6.42 Å². The maximum absolute atomic E-state index is 3.21. The SMILES string of the molecule is CNCCCc1cc(C)n(C2CC2)c1C. The molecule has 1 heterocycles. The standard InChI is InChI=1S/C13H22N2/c1-10-9-12(5-4-8-14-3)11(2)15(10)13-6-7-13/h9,13-14H,4-8H2,1-3H3. The smallest absolute Gasteiger partial charge is 0.0337 e. The van der Waals surface area contributed by atoms with Crippen molar-refractivity contribution in [2.24, 2.45) is 0 Å². The van der Waals surface area contributed by atoms with Crippen LogP contribution in [0.2, 0.25) is 0 Å². The van der Waals surface area contributed by atoms with E-state index in [2.05, 4.69) is 29.8 Å². The molecule has 2 nitrogen and oxygen atoms in total. The molecule has 1 aromatic heterocycles. The number of aromatic nitrogens is 1. The zero-order valence-electron chi connectivity index (χ0n) is 10.1. The van der Waals surface area contributed by atoms with Crippen molar-refractivity contribution in [3.63, 3.8) is 0 Å². The highest BCUT2D eigenvalue weighted by Gasteiger charge is 2.26. The number of hydrogen-bond acceptors (Lipinski definition) is 1. The second kappa shape index (κ2) is 4.40. The summed E-state index contributed by atoms with van der Waals surface area (Å²) in [6, 6.07) is 3.20. The Morgan fingerprint density at radius 1 is 1.40 bits per heavy atom. The van der Waals surface area contributed by atoms with Crippen molar-refractivity contribution in [2.75, 3.05) is 13.6 Å². The first kappa shape index (κ1) is 10.7. The minimum atomic E-state index is 0.822. The van der Waals surface area contributed by atoms with Gasteiger partial charge in [0.15, 0.2) is 0 Å². The normalized spacial score (nSPS) is 15.9. The van der Waals surface area contributed by atoms with Gasteiger partial charge in [-0.05, 0) is 64.8 Å². The predicted octanol–water partition coefficient (Wildman–Crippen LogP) is 2.59. The molecule has 0 radical (unpaired) electrons. The van der Waals surface area contributed by atoms with Gasteiger partial charge in [-0.2, -0.15) is 0 Å². The van der Waals surface area contributed by atoms with Gasteiger partial charge in [0.1, 0.15) is 0 Å². The van der Waals surface area contributed by atoms with Crippen molar-refractivity contribution >= 4 is 0 Å². The van der Waals surface area contributed by atoms with Crippen molar-refractivity contribution in [3.05, 3.63) is 23.0 Å². The highest BCUT2D eigenvalue weighted by Crippen LogP contribution is 2.38. The van der Waals surface area contributed by atoms with E-state index in [-0.39, 0.29) is 0 Å². The highest BCUT2D eigenvalue weighted by molar-refractivity contribution is 5.28. The van der Waals surface area contributed by atoms with Crippen molar-refractivity contribution in [1.82, 2.24) is 9.88 Å². The van der Waals surface area contributed by atoms with Gasteiger partial charge in [0.2, 0.25) is 0 Å². The molecular weight excluding hydrogens is 184 g/mol. The lowest BCUT2D eigenvalue weighted by Crippen LogP contribution is -2.08. The van der Waals surface area contributed by atoms with Crippen LogP contribution in [0, 0.1) is 13.8 Å². The van der Waals surface area contributed by atoms with Crippen molar-refractivity contribution in [3.8, 4) is 0 Å². The van der Waals surface area contributed by atoms with Crippen LogP contribution in [0.4, 0.5) is 0 Å². The molecule has 0 aliphatic heterocycles. The van der Waals surface area contributed by atoms with Crippen molar-refractivity contribution < 1.29 is 0 Å². The fourth-order valence-corrected chi connectivity index (χ4v) is 2.45. The van der Waals surface area contributed by atoms with E-state index in [9.17, 15) is 0 Å². The summed E-state index contributed by atoms with van der Waals surface area (Å²) in [6.07, 6.45) is 5.22. The minimum absolute atomic E-state index is 0.822. The monoisotopic (exact) mass is 206 g/mol. The van der Waals surface area contributed by atoms with Gasteiger partial charge in [-0.3, -0.25) is 0 Å². The van der Waals surface area contributed by atoms with E-state index in [0.29, 0.717) is 0 Å². The Hall–Kier alpha value is -0.760. The minimum Gasteiger partial charge on any atom is -0.346 e. The summed E-state index contributed by atoms with van der Waals surface area (Å²) in [7, 11) is 2.02. The number of rotatable bonds is 5. The second-order valence-electron chi connectivity index (χ2n) is 4.70. The number of nitrogens with zero attached hydrogens (tertiary/aromatic N) is 1. The molecule has 1 aliphatic rings. The molecule has 1 aliphatic carbocycles. The molecule has 0 spiro atoms. The third-order valence-electron chi connectivity index (χ3n) is 3.37. The molecule has 1 fully saturated rings. The quantitative estimate of drug-likeness (QED) is 0.733. The molecule has 0 atom stereocenters.